The predicted octanol–water partition coefficient (Wildman–Crippen LogP) is 3.48. The third kappa shape index (κ3) is 2.40. The van der Waals surface area contributed by atoms with Gasteiger partial charge in [0.25, 0.3) is 0 Å². The number of aromatic nitrogens is 2. The number of hydrogen-bond donors (Lipinski definition) is 0. The van der Waals surface area contributed by atoms with Crippen molar-refractivity contribution in [3.63, 3.8) is 0 Å². The lowest BCUT2D eigenvalue weighted by Gasteiger charge is -2.06. The maximum atomic E-state index is 13.8. The molecule has 0 amide bonds. The molecule has 0 bridgehead atoms. The van der Waals surface area contributed by atoms with E-state index in [1.54, 1.807) is 0 Å². The van der Waals surface area contributed by atoms with Crippen molar-refractivity contribution in [3.8, 4) is 0 Å². The summed E-state index contributed by atoms with van der Waals surface area (Å²) in [6, 6.07) is 2.68. The fraction of sp³-hybridized carbons (Fsp3) is 0.308. The molecular formula is C13H12F2N2OS. The van der Waals surface area contributed by atoms with Gasteiger partial charge in [-0.3, -0.25) is 4.79 Å². The molecule has 0 aliphatic carbocycles. The van der Waals surface area contributed by atoms with Gasteiger partial charge >= 0.3 is 0 Å². The maximum absolute atomic E-state index is 13.8. The van der Waals surface area contributed by atoms with Gasteiger partial charge < -0.3 is 0 Å². The smallest absolute Gasteiger partial charge is 0.209 e. The monoisotopic (exact) mass is 282 g/mol. The largest absolute Gasteiger partial charge is 0.287 e. The Morgan fingerprint density at radius 1 is 1.26 bits per heavy atom. The van der Waals surface area contributed by atoms with E-state index in [9.17, 15) is 13.6 Å². The molecule has 0 unspecified atom stereocenters. The minimum absolute atomic E-state index is 0.00365. The Balaban J connectivity index is 2.51. The average Bonchev–Trinajstić information content (AvgIpc) is 2.84. The molecule has 0 N–H and O–H groups in total. The maximum Gasteiger partial charge on any atom is 0.209 e. The minimum atomic E-state index is -1.12. The average molecular weight is 282 g/mol. The molecule has 0 spiro atoms. The van der Waals surface area contributed by atoms with Crippen LogP contribution in [0.2, 0.25) is 0 Å². The van der Waals surface area contributed by atoms with E-state index in [1.165, 1.54) is 19.1 Å². The lowest BCUT2D eigenvalue weighted by atomic mass is 10.0. The van der Waals surface area contributed by atoms with E-state index < -0.39 is 17.4 Å². The first-order valence-electron chi connectivity index (χ1n) is 5.75. The highest BCUT2D eigenvalue weighted by Gasteiger charge is 2.24. The SMILES string of the molecule is Cc1ccc(C(=O)c2snnc2C(C)C)c(F)c1F. The Hall–Kier alpha value is -1.69. The lowest BCUT2D eigenvalue weighted by Crippen LogP contribution is -2.08. The summed E-state index contributed by atoms with van der Waals surface area (Å²) in [6.45, 7) is 5.17. The highest BCUT2D eigenvalue weighted by Crippen LogP contribution is 2.25. The van der Waals surface area contributed by atoms with Crippen molar-refractivity contribution in [1.29, 1.82) is 0 Å². The van der Waals surface area contributed by atoms with Gasteiger partial charge in [0.1, 0.15) is 4.88 Å². The summed E-state index contributed by atoms with van der Waals surface area (Å²) < 4.78 is 31.0. The molecule has 0 radical (unpaired) electrons. The van der Waals surface area contributed by atoms with Gasteiger partial charge in [-0.25, -0.2) is 8.78 Å². The van der Waals surface area contributed by atoms with Crippen LogP contribution in [0.4, 0.5) is 8.78 Å². The zero-order valence-electron chi connectivity index (χ0n) is 10.7. The molecule has 1 aromatic carbocycles. The Morgan fingerprint density at radius 3 is 2.58 bits per heavy atom. The van der Waals surface area contributed by atoms with E-state index >= 15 is 0 Å². The van der Waals surface area contributed by atoms with E-state index in [1.807, 2.05) is 13.8 Å². The van der Waals surface area contributed by atoms with Gasteiger partial charge in [-0.15, -0.1) is 5.10 Å². The van der Waals surface area contributed by atoms with Crippen molar-refractivity contribution in [2.24, 2.45) is 0 Å². The van der Waals surface area contributed by atoms with Crippen LogP contribution in [-0.4, -0.2) is 15.4 Å². The molecular weight excluding hydrogens is 270 g/mol. The first-order valence-corrected chi connectivity index (χ1v) is 6.52. The van der Waals surface area contributed by atoms with Gasteiger partial charge in [0.2, 0.25) is 5.78 Å². The van der Waals surface area contributed by atoms with Crippen LogP contribution < -0.4 is 0 Å². The molecule has 2 rings (SSSR count). The number of benzene rings is 1. The summed E-state index contributed by atoms with van der Waals surface area (Å²) in [5.41, 5.74) is 0.395. The number of aryl methyl sites for hydroxylation is 1. The van der Waals surface area contributed by atoms with Crippen LogP contribution in [-0.2, 0) is 0 Å². The quantitative estimate of drug-likeness (QED) is 0.809. The second kappa shape index (κ2) is 5.13. The molecule has 6 heteroatoms. The number of carbonyl (C=O) groups excluding carboxylic acids is 1. The van der Waals surface area contributed by atoms with Crippen LogP contribution in [0.25, 0.3) is 0 Å². The molecule has 0 saturated heterocycles. The summed E-state index contributed by atoms with van der Waals surface area (Å²) in [5, 5.41) is 3.86. The zero-order chi connectivity index (χ0) is 14.2. The van der Waals surface area contributed by atoms with Gasteiger partial charge in [-0.2, -0.15) is 0 Å². The molecule has 0 saturated carbocycles. The van der Waals surface area contributed by atoms with Crippen LogP contribution in [0, 0.1) is 18.6 Å². The van der Waals surface area contributed by atoms with Crippen LogP contribution in [0.1, 0.15) is 46.3 Å². The second-order valence-corrected chi connectivity index (χ2v) is 5.28. The van der Waals surface area contributed by atoms with E-state index in [-0.39, 0.29) is 21.9 Å². The fourth-order valence-corrected chi connectivity index (χ4v) is 2.45. The van der Waals surface area contributed by atoms with Crippen molar-refractivity contribution in [2.75, 3.05) is 0 Å². The van der Waals surface area contributed by atoms with E-state index in [0.29, 0.717) is 5.69 Å². The van der Waals surface area contributed by atoms with Crippen LogP contribution in [0.15, 0.2) is 12.1 Å². The van der Waals surface area contributed by atoms with Crippen LogP contribution in [0.5, 0.6) is 0 Å². The van der Waals surface area contributed by atoms with E-state index in [4.69, 9.17) is 0 Å². The summed E-state index contributed by atoms with van der Waals surface area (Å²) in [5.74, 6) is -2.69. The normalized spacial score (nSPS) is 11.1. The molecule has 0 fully saturated rings. The molecule has 1 heterocycles. The molecule has 0 aliphatic rings. The van der Waals surface area contributed by atoms with E-state index in [2.05, 4.69) is 9.59 Å². The first kappa shape index (κ1) is 13.7. The number of nitrogens with zero attached hydrogens (tertiary/aromatic N) is 2. The highest BCUT2D eigenvalue weighted by atomic mass is 32.1. The third-order valence-electron chi connectivity index (χ3n) is 2.79. The number of carbonyl (C=O) groups is 1. The number of halogens is 2. The minimum Gasteiger partial charge on any atom is -0.287 e. The van der Waals surface area contributed by atoms with Crippen molar-refractivity contribution < 1.29 is 13.6 Å². The summed E-state index contributed by atoms with van der Waals surface area (Å²) in [7, 11) is 0. The molecule has 19 heavy (non-hydrogen) atoms. The van der Waals surface area contributed by atoms with E-state index in [0.717, 1.165) is 11.5 Å². The third-order valence-corrected chi connectivity index (χ3v) is 3.53. The van der Waals surface area contributed by atoms with Crippen molar-refractivity contribution in [3.05, 3.63) is 45.5 Å². The Morgan fingerprint density at radius 2 is 1.95 bits per heavy atom. The highest BCUT2D eigenvalue weighted by molar-refractivity contribution is 7.08. The topological polar surface area (TPSA) is 42.9 Å². The standard InChI is InChI=1S/C13H12F2N2OS/c1-6(2)11-13(19-17-16-11)12(18)8-5-4-7(3)9(14)10(8)15/h4-6H,1-3H3. The van der Waals surface area contributed by atoms with Crippen molar-refractivity contribution >= 4 is 17.3 Å². The van der Waals surface area contributed by atoms with Crippen LogP contribution in [0.3, 0.4) is 0 Å². The molecule has 2 aromatic rings. The number of rotatable bonds is 3. The number of ketones is 1. The van der Waals surface area contributed by atoms with Gasteiger partial charge in [0.05, 0.1) is 11.3 Å². The summed E-state index contributed by atoms with van der Waals surface area (Å²) in [6.07, 6.45) is 0. The lowest BCUT2D eigenvalue weighted by molar-refractivity contribution is 0.103. The zero-order valence-corrected chi connectivity index (χ0v) is 11.5. The molecule has 0 atom stereocenters. The Labute approximate surface area is 113 Å². The second-order valence-electron chi connectivity index (χ2n) is 4.53. The Kier molecular flexibility index (Phi) is 3.71. The van der Waals surface area contributed by atoms with Gasteiger partial charge in [-0.05, 0) is 36.0 Å². The van der Waals surface area contributed by atoms with Gasteiger partial charge in [-0.1, -0.05) is 24.4 Å². The predicted molar refractivity (Wildman–Crippen MR) is 68.5 cm³/mol. The van der Waals surface area contributed by atoms with Crippen molar-refractivity contribution in [1.82, 2.24) is 9.59 Å². The van der Waals surface area contributed by atoms with Gasteiger partial charge in [0, 0.05) is 0 Å². The van der Waals surface area contributed by atoms with Gasteiger partial charge in [0.15, 0.2) is 11.6 Å². The van der Waals surface area contributed by atoms with Crippen molar-refractivity contribution in [2.45, 2.75) is 26.7 Å². The molecule has 100 valence electrons. The first-order chi connectivity index (χ1) is 8.93. The van der Waals surface area contributed by atoms with Crippen LogP contribution >= 0.6 is 11.5 Å². The molecule has 3 nitrogen and oxygen atoms in total. The summed E-state index contributed by atoms with van der Waals surface area (Å²) >= 11 is 0.900. The fourth-order valence-electron chi connectivity index (χ4n) is 1.68. The molecule has 0 aliphatic heterocycles. The number of hydrogen-bond acceptors (Lipinski definition) is 4. The summed E-state index contributed by atoms with van der Waals surface area (Å²) in [4.78, 5) is 12.5. The molecule has 1 aromatic heterocycles. The Bertz CT molecular complexity index is 638.